The molecule has 0 atom stereocenters. The molecule has 8 rings (SSSR count). The van der Waals surface area contributed by atoms with Gasteiger partial charge in [0.25, 0.3) is 0 Å². The van der Waals surface area contributed by atoms with Crippen LogP contribution in [0.15, 0.2) is 121 Å². The van der Waals surface area contributed by atoms with Crippen molar-refractivity contribution in [1.82, 2.24) is 19.1 Å². The highest BCUT2D eigenvalue weighted by Gasteiger charge is 2.35. The van der Waals surface area contributed by atoms with E-state index in [0.29, 0.717) is 69.2 Å². The Hall–Kier alpha value is -6.31. The van der Waals surface area contributed by atoms with Crippen molar-refractivity contribution in [2.45, 2.75) is 39.0 Å². The van der Waals surface area contributed by atoms with Crippen LogP contribution in [0.3, 0.4) is 0 Å². The number of para-hydroxylation sites is 2. The van der Waals surface area contributed by atoms with E-state index in [1.54, 1.807) is 106 Å². The summed E-state index contributed by atoms with van der Waals surface area (Å²) in [5.74, 6) is 1.52. The highest BCUT2D eigenvalue weighted by atomic mass is 35.5. The first-order valence-electron chi connectivity index (χ1n) is 18.5. The number of aryl methyl sites for hydroxylation is 2. The molecule has 0 spiro atoms. The summed E-state index contributed by atoms with van der Waals surface area (Å²) in [5.41, 5.74) is 3.06. The topological polar surface area (TPSA) is 71.2 Å². The van der Waals surface area contributed by atoms with Crippen LogP contribution >= 0.6 is 23.2 Å². The van der Waals surface area contributed by atoms with E-state index < -0.39 is 39.7 Å². The molecule has 15 heteroatoms. The Morgan fingerprint density at radius 2 is 0.933 bits per heavy atom. The monoisotopic (exact) mass is 858 g/mol. The number of carbonyl (C=O) groups excluding carboxylic acids is 1. The molecule has 0 saturated carbocycles. The van der Waals surface area contributed by atoms with Gasteiger partial charge < -0.3 is 9.47 Å². The van der Waals surface area contributed by atoms with Crippen LogP contribution in [0, 0.1) is 0 Å². The van der Waals surface area contributed by atoms with Crippen molar-refractivity contribution in [2.75, 3.05) is 0 Å². The van der Waals surface area contributed by atoms with E-state index in [-0.39, 0.29) is 22.5 Å². The number of benzene rings is 6. The third-order valence-electron chi connectivity index (χ3n) is 9.90. The van der Waals surface area contributed by atoms with Gasteiger partial charge in [-0.3, -0.25) is 9.13 Å². The summed E-state index contributed by atoms with van der Waals surface area (Å²) in [5, 5.41) is -0.859. The Kier molecular flexibility index (Phi) is 10.6. The molecule has 7 nitrogen and oxygen atoms in total. The van der Waals surface area contributed by atoms with Gasteiger partial charge in [0.05, 0.1) is 43.2 Å². The zero-order chi connectivity index (χ0) is 42.5. The lowest BCUT2D eigenvalue weighted by Gasteiger charge is -2.14. The van der Waals surface area contributed by atoms with Gasteiger partial charge >= 0.3 is 18.5 Å². The van der Waals surface area contributed by atoms with E-state index in [9.17, 15) is 31.1 Å². The number of alkyl halides is 6. The van der Waals surface area contributed by atoms with Crippen LogP contribution in [0.4, 0.5) is 31.1 Å². The van der Waals surface area contributed by atoms with Crippen LogP contribution in [0.2, 0.25) is 10.0 Å². The summed E-state index contributed by atoms with van der Waals surface area (Å²) in [4.78, 5) is 22.3. The third-order valence-corrected chi connectivity index (χ3v) is 10.5. The molecule has 0 radical (unpaired) electrons. The predicted molar refractivity (Wildman–Crippen MR) is 218 cm³/mol. The number of carbonyl (C=O) groups is 1. The van der Waals surface area contributed by atoms with E-state index in [0.717, 1.165) is 12.1 Å². The van der Waals surface area contributed by atoms with E-state index in [1.807, 2.05) is 13.8 Å². The Balaban J connectivity index is 1.03. The fourth-order valence-electron chi connectivity index (χ4n) is 7.15. The standard InChI is InChI=1S/C45H30Cl2F6N4O3/c1-3-41-54-35-21-31(44(48,49)50)33(46)23-37(35)56(41)27-17-13-25(14-18-27)29-9-5-7-11-39(29)59-43(58)60-40-12-8-6-10-30(40)26-15-19-28(20-16-26)57-38-24-34(47)32(45(51,52)53)22-36(38)55-42(57)4-2/h5-24H,3-4H2,1-2H3. The van der Waals surface area contributed by atoms with Crippen molar-refractivity contribution in [3.05, 3.63) is 154 Å². The van der Waals surface area contributed by atoms with E-state index in [4.69, 9.17) is 32.7 Å². The second-order valence-electron chi connectivity index (χ2n) is 13.6. The summed E-state index contributed by atoms with van der Waals surface area (Å²) in [7, 11) is 0. The van der Waals surface area contributed by atoms with Crippen molar-refractivity contribution in [2.24, 2.45) is 0 Å². The minimum atomic E-state index is -4.63. The SMILES string of the molecule is CCc1nc2cc(C(F)(F)F)c(Cl)cc2n1-c1ccc(-c2ccccc2OC(=O)Oc2ccccc2-c2ccc(-n3c(CC)nc4cc(C(F)(F)F)c(Cl)cc43)cc2)cc1. The van der Waals surface area contributed by atoms with Gasteiger partial charge in [-0.1, -0.05) is 97.7 Å². The molecule has 6 aromatic carbocycles. The molecule has 8 aromatic rings. The largest absolute Gasteiger partial charge is 0.519 e. The number of aromatic nitrogens is 4. The van der Waals surface area contributed by atoms with Gasteiger partial charge in [-0.15, -0.1) is 0 Å². The van der Waals surface area contributed by atoms with Gasteiger partial charge in [0.15, 0.2) is 0 Å². The zero-order valence-corrected chi connectivity index (χ0v) is 33.0. The molecule has 0 bridgehead atoms. The lowest BCUT2D eigenvalue weighted by Crippen LogP contribution is -2.14. The summed E-state index contributed by atoms with van der Waals surface area (Å²) in [6, 6.07) is 32.5. The molecular weight excluding hydrogens is 829 g/mol. The summed E-state index contributed by atoms with van der Waals surface area (Å²) < 4.78 is 96.4. The smallest absolute Gasteiger partial charge is 0.394 e. The third kappa shape index (κ3) is 7.66. The average molecular weight is 860 g/mol. The number of imidazole rings is 2. The fraction of sp³-hybridized carbons (Fsp3) is 0.133. The molecule has 304 valence electrons. The number of fused-ring (bicyclic) bond motifs is 2. The zero-order valence-electron chi connectivity index (χ0n) is 31.5. The highest BCUT2D eigenvalue weighted by Crippen LogP contribution is 2.40. The van der Waals surface area contributed by atoms with Crippen LogP contribution in [-0.2, 0) is 25.2 Å². The van der Waals surface area contributed by atoms with Gasteiger partial charge in [-0.2, -0.15) is 26.3 Å². The Labute approximate surface area is 348 Å². The molecule has 0 unspecified atom stereocenters. The van der Waals surface area contributed by atoms with Gasteiger partial charge in [-0.25, -0.2) is 14.8 Å². The van der Waals surface area contributed by atoms with Crippen LogP contribution in [0.5, 0.6) is 11.5 Å². The van der Waals surface area contributed by atoms with Crippen LogP contribution in [0.25, 0.3) is 55.7 Å². The molecule has 0 aliphatic rings. The Morgan fingerprint density at radius 3 is 1.28 bits per heavy atom. The highest BCUT2D eigenvalue weighted by molar-refractivity contribution is 6.32. The average Bonchev–Trinajstić information content (AvgIpc) is 3.77. The maximum atomic E-state index is 13.6. The maximum Gasteiger partial charge on any atom is 0.519 e. The van der Waals surface area contributed by atoms with Crippen LogP contribution in [-0.4, -0.2) is 25.3 Å². The predicted octanol–water partition coefficient (Wildman–Crippen LogP) is 13.7. The van der Waals surface area contributed by atoms with Gasteiger partial charge in [0.2, 0.25) is 0 Å². The Bertz CT molecular complexity index is 2730. The molecule has 2 heterocycles. The molecule has 0 aliphatic carbocycles. The lowest BCUT2D eigenvalue weighted by molar-refractivity contribution is -0.138. The van der Waals surface area contributed by atoms with Crippen molar-refractivity contribution in [3.8, 4) is 45.1 Å². The first kappa shape index (κ1) is 40.5. The normalized spacial score (nSPS) is 12.0. The number of hydrogen-bond acceptors (Lipinski definition) is 5. The summed E-state index contributed by atoms with van der Waals surface area (Å²) in [6.07, 6.45) is -9.37. The minimum absolute atomic E-state index is 0.164. The first-order valence-corrected chi connectivity index (χ1v) is 19.3. The first-order chi connectivity index (χ1) is 28.6. The molecule has 0 N–H and O–H groups in total. The molecule has 2 aromatic heterocycles. The van der Waals surface area contributed by atoms with E-state index in [2.05, 4.69) is 9.97 Å². The van der Waals surface area contributed by atoms with Crippen molar-refractivity contribution in [1.29, 1.82) is 0 Å². The maximum absolute atomic E-state index is 13.6. The van der Waals surface area contributed by atoms with Crippen LogP contribution < -0.4 is 9.47 Å². The van der Waals surface area contributed by atoms with Crippen molar-refractivity contribution >= 4 is 51.4 Å². The number of ether oxygens (including phenoxy) is 2. The van der Waals surface area contributed by atoms with E-state index >= 15 is 0 Å². The molecule has 0 amide bonds. The molecule has 0 fully saturated rings. The number of hydrogen-bond donors (Lipinski definition) is 0. The summed E-state index contributed by atoms with van der Waals surface area (Å²) in [6.45, 7) is 3.70. The summed E-state index contributed by atoms with van der Waals surface area (Å²) >= 11 is 12.2. The van der Waals surface area contributed by atoms with Gasteiger partial charge in [0, 0.05) is 35.3 Å². The van der Waals surface area contributed by atoms with Crippen molar-refractivity contribution in [3.63, 3.8) is 0 Å². The second-order valence-corrected chi connectivity index (χ2v) is 14.4. The number of nitrogens with zero attached hydrogens (tertiary/aromatic N) is 4. The molecule has 0 saturated heterocycles. The molecule has 60 heavy (non-hydrogen) atoms. The van der Waals surface area contributed by atoms with Crippen molar-refractivity contribution < 1.29 is 40.6 Å². The quantitative estimate of drug-likeness (QED) is 0.0865. The lowest BCUT2D eigenvalue weighted by atomic mass is 10.0. The number of halogens is 8. The van der Waals surface area contributed by atoms with Gasteiger partial charge in [-0.05, 0) is 71.8 Å². The number of rotatable bonds is 8. The second kappa shape index (κ2) is 15.7. The minimum Gasteiger partial charge on any atom is -0.394 e. The fourth-order valence-corrected chi connectivity index (χ4v) is 7.68. The Morgan fingerprint density at radius 1 is 0.567 bits per heavy atom. The van der Waals surface area contributed by atoms with E-state index in [1.165, 1.54) is 12.1 Å². The molecular formula is C45H30Cl2F6N4O3. The molecule has 0 aliphatic heterocycles. The van der Waals surface area contributed by atoms with Gasteiger partial charge in [0.1, 0.15) is 23.1 Å². The van der Waals surface area contributed by atoms with Crippen LogP contribution in [0.1, 0.15) is 36.6 Å².